The fourth-order valence-corrected chi connectivity index (χ4v) is 4.83. The molecule has 1 fully saturated rings. The van der Waals surface area contributed by atoms with Gasteiger partial charge in [0.2, 0.25) is 5.95 Å². The van der Waals surface area contributed by atoms with Gasteiger partial charge in [0.1, 0.15) is 5.82 Å². The Morgan fingerprint density at radius 1 is 1.08 bits per heavy atom. The Balaban J connectivity index is 1.49. The largest absolute Gasteiger partial charge is 0.373 e. The van der Waals surface area contributed by atoms with Crippen LogP contribution in [0.5, 0.6) is 0 Å². The average Bonchev–Trinajstić information content (AvgIpc) is 3.66. The minimum absolute atomic E-state index is 0.0987. The summed E-state index contributed by atoms with van der Waals surface area (Å²) in [6.45, 7) is 1.88. The van der Waals surface area contributed by atoms with Gasteiger partial charge < -0.3 is 15.1 Å². The number of aromatic nitrogens is 4. The third-order valence-corrected chi connectivity index (χ3v) is 6.98. The number of benzene rings is 1. The summed E-state index contributed by atoms with van der Waals surface area (Å²) in [5, 5.41) is 3.59. The molecule has 0 atom stereocenters. The first-order valence-corrected chi connectivity index (χ1v) is 14.9. The van der Waals surface area contributed by atoms with Crippen LogP contribution in [0.15, 0.2) is 53.0 Å². The number of pyridine rings is 1. The van der Waals surface area contributed by atoms with Crippen molar-refractivity contribution in [3.05, 3.63) is 60.2 Å². The zero-order valence-corrected chi connectivity index (χ0v) is 23.2. The van der Waals surface area contributed by atoms with Gasteiger partial charge in [0, 0.05) is 65.9 Å². The van der Waals surface area contributed by atoms with E-state index in [2.05, 4.69) is 50.6 Å². The summed E-state index contributed by atoms with van der Waals surface area (Å²) >= 11 is 0. The Hall–Kier alpha value is -3.57. The summed E-state index contributed by atoms with van der Waals surface area (Å²) in [4.78, 5) is 18.0. The molecule has 9 nitrogen and oxygen atoms in total. The van der Waals surface area contributed by atoms with Crippen molar-refractivity contribution in [1.29, 1.82) is 0 Å². The molecule has 0 unspecified atom stereocenters. The number of halogens is 1. The van der Waals surface area contributed by atoms with Crippen LogP contribution >= 0.6 is 0 Å². The topological polar surface area (TPSA) is 91.5 Å². The maximum absolute atomic E-state index is 15.6. The van der Waals surface area contributed by atoms with Crippen LogP contribution in [0.1, 0.15) is 24.5 Å². The highest BCUT2D eigenvalue weighted by molar-refractivity contribution is 7.92. The van der Waals surface area contributed by atoms with Crippen molar-refractivity contribution in [2.75, 3.05) is 57.0 Å². The fourth-order valence-electron chi connectivity index (χ4n) is 4.28. The fraction of sp³-hybridized carbons (Fsp3) is 0.370. The lowest BCUT2D eigenvalue weighted by atomic mass is 10.2. The highest BCUT2D eigenvalue weighted by Crippen LogP contribution is 2.45. The van der Waals surface area contributed by atoms with E-state index < -0.39 is 9.73 Å². The molecular weight excluding hydrogens is 503 g/mol. The van der Waals surface area contributed by atoms with Gasteiger partial charge in [-0.2, -0.15) is 9.35 Å². The van der Waals surface area contributed by atoms with Gasteiger partial charge >= 0.3 is 0 Å². The number of rotatable bonds is 9. The normalized spacial score (nSPS) is 13.8. The summed E-state index contributed by atoms with van der Waals surface area (Å²) in [7, 11) is 3.79. The second kappa shape index (κ2) is 10.3. The Morgan fingerprint density at radius 2 is 1.82 bits per heavy atom. The van der Waals surface area contributed by atoms with Crippen LogP contribution in [0.25, 0.3) is 16.9 Å². The van der Waals surface area contributed by atoms with Crippen LogP contribution in [-0.4, -0.2) is 75.4 Å². The summed E-state index contributed by atoms with van der Waals surface area (Å²) < 4.78 is 33.8. The number of hydrogen-bond donors (Lipinski definition) is 1. The molecule has 38 heavy (non-hydrogen) atoms. The standard InChI is InChI=1S/C27H33FN8OS/c1-34(2)15-16-35(3)20-13-11-19(12-14-20)30-27-29-17-21-24(28)25(18-9-10-18)36(26(21)32-27)23-8-6-7-22(31-23)33-38(4,5)37/h6-8,11-14,17-18H,9-10,15-16H2,1-5H3,(H,29,30,32). The van der Waals surface area contributed by atoms with E-state index in [9.17, 15) is 4.21 Å². The maximum atomic E-state index is 15.6. The van der Waals surface area contributed by atoms with E-state index >= 15 is 4.39 Å². The SMILES string of the molecule is CN(C)CCN(C)c1ccc(Nc2ncc3c(F)c(C4CC4)n(-c4cccc(N=S(C)(C)=O)n4)c3n2)cc1. The molecule has 1 aromatic carbocycles. The van der Waals surface area contributed by atoms with Crippen LogP contribution < -0.4 is 10.2 Å². The van der Waals surface area contributed by atoms with Gasteiger partial charge in [0.15, 0.2) is 17.3 Å². The van der Waals surface area contributed by atoms with E-state index in [0.717, 1.165) is 37.3 Å². The van der Waals surface area contributed by atoms with Crippen LogP contribution in [0, 0.1) is 5.82 Å². The number of likely N-dealkylation sites (N-methyl/N-ethyl adjacent to an activating group) is 2. The Labute approximate surface area is 222 Å². The molecule has 0 spiro atoms. The van der Waals surface area contributed by atoms with Crippen molar-refractivity contribution in [3.8, 4) is 5.82 Å². The molecule has 0 radical (unpaired) electrons. The predicted molar refractivity (Wildman–Crippen MR) is 152 cm³/mol. The molecule has 1 N–H and O–H groups in total. The zero-order valence-electron chi connectivity index (χ0n) is 22.3. The molecule has 1 saturated carbocycles. The van der Waals surface area contributed by atoms with E-state index in [0.29, 0.717) is 34.3 Å². The Bertz CT molecular complexity index is 1580. The molecule has 0 saturated heterocycles. The van der Waals surface area contributed by atoms with Gasteiger partial charge in [-0.3, -0.25) is 4.57 Å². The maximum Gasteiger partial charge on any atom is 0.229 e. The van der Waals surface area contributed by atoms with Gasteiger partial charge in [-0.1, -0.05) is 6.07 Å². The molecule has 1 aliphatic rings. The minimum atomic E-state index is -2.40. The van der Waals surface area contributed by atoms with Crippen molar-refractivity contribution in [2.45, 2.75) is 18.8 Å². The van der Waals surface area contributed by atoms with E-state index in [-0.39, 0.29) is 11.7 Å². The molecule has 4 aromatic rings. The van der Waals surface area contributed by atoms with E-state index in [1.54, 1.807) is 35.3 Å². The number of nitrogens with zero attached hydrogens (tertiary/aromatic N) is 7. The van der Waals surface area contributed by atoms with E-state index in [4.69, 9.17) is 4.98 Å². The zero-order chi connectivity index (χ0) is 27.0. The summed E-state index contributed by atoms with van der Waals surface area (Å²) in [5.41, 5.74) is 2.92. The molecule has 0 bridgehead atoms. The lowest BCUT2D eigenvalue weighted by molar-refractivity contribution is 0.416. The van der Waals surface area contributed by atoms with Gasteiger partial charge in [0.25, 0.3) is 0 Å². The minimum Gasteiger partial charge on any atom is -0.373 e. The second-order valence-corrected chi connectivity index (χ2v) is 12.8. The second-order valence-electron chi connectivity index (χ2n) is 10.3. The number of nitrogens with one attached hydrogen (secondary N) is 1. The Kier molecular flexibility index (Phi) is 7.06. The summed E-state index contributed by atoms with van der Waals surface area (Å²) in [6, 6.07) is 13.3. The molecule has 200 valence electrons. The smallest absolute Gasteiger partial charge is 0.229 e. The third kappa shape index (κ3) is 5.78. The first kappa shape index (κ1) is 26.1. The summed E-state index contributed by atoms with van der Waals surface area (Å²) in [5.74, 6) is 0.961. The number of hydrogen-bond acceptors (Lipinski definition) is 8. The molecule has 0 amide bonds. The molecule has 5 rings (SSSR count). The molecule has 11 heteroatoms. The third-order valence-electron chi connectivity index (χ3n) is 6.36. The van der Waals surface area contributed by atoms with Gasteiger partial charge in [-0.05, 0) is 63.3 Å². The van der Waals surface area contributed by atoms with Crippen molar-refractivity contribution < 1.29 is 8.60 Å². The average molecular weight is 537 g/mol. The summed E-state index contributed by atoms with van der Waals surface area (Å²) in [6.07, 6.45) is 6.44. The molecule has 1 aliphatic carbocycles. The van der Waals surface area contributed by atoms with Crippen molar-refractivity contribution >= 4 is 43.9 Å². The van der Waals surface area contributed by atoms with E-state index in [1.807, 2.05) is 24.3 Å². The molecule has 3 aromatic heterocycles. The van der Waals surface area contributed by atoms with Gasteiger partial charge in [-0.25, -0.2) is 18.6 Å². The first-order chi connectivity index (χ1) is 18.1. The van der Waals surface area contributed by atoms with Crippen LogP contribution in [-0.2, 0) is 9.73 Å². The highest BCUT2D eigenvalue weighted by Gasteiger charge is 2.34. The van der Waals surface area contributed by atoms with E-state index in [1.165, 1.54) is 6.20 Å². The first-order valence-electron chi connectivity index (χ1n) is 12.5. The molecular formula is C27H33FN8OS. The molecule has 3 heterocycles. The lowest BCUT2D eigenvalue weighted by Crippen LogP contribution is -2.28. The lowest BCUT2D eigenvalue weighted by Gasteiger charge is -2.21. The van der Waals surface area contributed by atoms with Crippen LogP contribution in [0.3, 0.4) is 0 Å². The monoisotopic (exact) mass is 536 g/mol. The van der Waals surface area contributed by atoms with Crippen LogP contribution in [0.2, 0.25) is 0 Å². The van der Waals surface area contributed by atoms with Crippen LogP contribution in [0.4, 0.5) is 27.5 Å². The molecule has 0 aliphatic heterocycles. The van der Waals surface area contributed by atoms with Crippen molar-refractivity contribution in [2.24, 2.45) is 4.36 Å². The number of fused-ring (bicyclic) bond motifs is 1. The highest BCUT2D eigenvalue weighted by atomic mass is 32.2. The van der Waals surface area contributed by atoms with Gasteiger partial charge in [0.05, 0.1) is 11.1 Å². The predicted octanol–water partition coefficient (Wildman–Crippen LogP) is 4.93. The number of anilines is 3. The van der Waals surface area contributed by atoms with Crippen molar-refractivity contribution in [3.63, 3.8) is 0 Å². The van der Waals surface area contributed by atoms with Gasteiger partial charge in [-0.15, -0.1) is 0 Å². The quantitative estimate of drug-likeness (QED) is 0.324. The van der Waals surface area contributed by atoms with Crippen molar-refractivity contribution in [1.82, 2.24) is 24.4 Å². The Morgan fingerprint density at radius 3 is 2.47 bits per heavy atom.